The van der Waals surface area contributed by atoms with Crippen LogP contribution >= 0.6 is 11.6 Å². The third-order valence-corrected chi connectivity index (χ3v) is 4.86. The molecule has 0 spiro atoms. The van der Waals surface area contributed by atoms with E-state index in [2.05, 4.69) is 10.1 Å². The molecule has 7 nitrogen and oxygen atoms in total. The normalized spacial score (nSPS) is 10.7. The number of rotatable bonds is 9. The minimum absolute atomic E-state index is 0.108. The molecule has 3 aromatic rings. The zero-order valence-electron chi connectivity index (χ0n) is 18.3. The summed E-state index contributed by atoms with van der Waals surface area (Å²) in [5.41, 5.74) is 1.98. The molecule has 0 aliphatic carbocycles. The predicted molar refractivity (Wildman–Crippen MR) is 128 cm³/mol. The summed E-state index contributed by atoms with van der Waals surface area (Å²) in [5.74, 6) is -0.175. The highest BCUT2D eigenvalue weighted by Gasteiger charge is 2.11. The Balaban J connectivity index is 1.61. The van der Waals surface area contributed by atoms with Gasteiger partial charge in [-0.1, -0.05) is 48.0 Å². The first kappa shape index (κ1) is 24.4. The summed E-state index contributed by atoms with van der Waals surface area (Å²) in [7, 11) is 1.25. The van der Waals surface area contributed by atoms with Gasteiger partial charge in [-0.2, -0.15) is 5.26 Å². The lowest BCUT2D eigenvalue weighted by Gasteiger charge is -2.09. The first-order valence-electron chi connectivity index (χ1n) is 10.2. The number of nitriles is 1. The Bertz CT molecular complexity index is 1220. The summed E-state index contributed by atoms with van der Waals surface area (Å²) >= 11 is 6.17. The van der Waals surface area contributed by atoms with Gasteiger partial charge in [0, 0.05) is 5.69 Å². The molecule has 0 radical (unpaired) electrons. The summed E-state index contributed by atoms with van der Waals surface area (Å²) in [6.45, 7) is 0.149. The van der Waals surface area contributed by atoms with E-state index in [0.717, 1.165) is 5.56 Å². The molecule has 172 valence electrons. The molecule has 0 aliphatic heterocycles. The molecule has 3 rings (SSSR count). The molecule has 8 heteroatoms. The van der Waals surface area contributed by atoms with E-state index in [1.54, 1.807) is 30.3 Å². The summed E-state index contributed by atoms with van der Waals surface area (Å²) in [4.78, 5) is 23.8. The van der Waals surface area contributed by atoms with Crippen molar-refractivity contribution in [3.8, 4) is 17.6 Å². The number of anilines is 1. The highest BCUT2D eigenvalue weighted by Crippen LogP contribution is 2.26. The number of nitrogens with one attached hydrogen (secondary N) is 1. The lowest BCUT2D eigenvalue weighted by atomic mass is 10.1. The van der Waals surface area contributed by atoms with E-state index in [4.69, 9.17) is 21.1 Å². The van der Waals surface area contributed by atoms with E-state index in [1.807, 2.05) is 36.4 Å². The average molecular weight is 477 g/mol. The number of methoxy groups -OCH3 is 1. The smallest absolute Gasteiger partial charge is 0.343 e. The molecule has 0 aliphatic rings. The maximum absolute atomic E-state index is 12.6. The number of benzene rings is 3. The second kappa shape index (κ2) is 12.1. The van der Waals surface area contributed by atoms with Crippen molar-refractivity contribution in [3.05, 3.63) is 94.5 Å². The molecule has 3 aromatic carbocycles. The van der Waals surface area contributed by atoms with Gasteiger partial charge >= 0.3 is 5.97 Å². The van der Waals surface area contributed by atoms with Crippen molar-refractivity contribution in [2.24, 2.45) is 0 Å². The summed E-state index contributed by atoms with van der Waals surface area (Å²) in [5, 5.41) is 12.4. The van der Waals surface area contributed by atoms with Crippen LogP contribution in [-0.2, 0) is 20.9 Å². The van der Waals surface area contributed by atoms with Crippen molar-refractivity contribution in [2.45, 2.75) is 6.61 Å². The number of ether oxygens (including phenoxy) is 3. The predicted octanol–water partition coefficient (Wildman–Crippen LogP) is 5.02. The van der Waals surface area contributed by atoms with Crippen LogP contribution in [0, 0.1) is 11.3 Å². The van der Waals surface area contributed by atoms with Crippen LogP contribution < -0.4 is 14.8 Å². The van der Waals surface area contributed by atoms with Crippen LogP contribution in [-0.4, -0.2) is 25.6 Å². The molecule has 0 aromatic heterocycles. The van der Waals surface area contributed by atoms with Gasteiger partial charge in [-0.05, 0) is 53.6 Å². The molecular weight excluding hydrogens is 456 g/mol. The molecular formula is C26H21ClN2O5. The number of hydrogen-bond donors (Lipinski definition) is 1. The Morgan fingerprint density at radius 2 is 1.76 bits per heavy atom. The van der Waals surface area contributed by atoms with Gasteiger partial charge < -0.3 is 19.5 Å². The van der Waals surface area contributed by atoms with E-state index in [0.29, 0.717) is 23.6 Å². The maximum Gasteiger partial charge on any atom is 0.343 e. The lowest BCUT2D eigenvalue weighted by molar-refractivity contribution is -0.142. The Morgan fingerprint density at radius 1 is 1.03 bits per heavy atom. The fourth-order valence-corrected chi connectivity index (χ4v) is 3.05. The van der Waals surface area contributed by atoms with E-state index >= 15 is 0 Å². The monoisotopic (exact) mass is 476 g/mol. The highest BCUT2D eigenvalue weighted by molar-refractivity contribution is 6.32. The third-order valence-electron chi connectivity index (χ3n) is 4.57. The standard InChI is InChI=1S/C26H21ClN2O5/c1-32-25(30)17-34-24-12-7-19(14-23(24)27)13-20(15-28)26(31)29-21-8-10-22(11-9-21)33-16-18-5-3-2-4-6-18/h2-14H,16-17H2,1H3,(H,29,31)/b20-13+. The van der Waals surface area contributed by atoms with Crippen LogP contribution in [0.15, 0.2) is 78.4 Å². The zero-order chi connectivity index (χ0) is 24.3. The van der Waals surface area contributed by atoms with Gasteiger partial charge in [-0.25, -0.2) is 4.79 Å². The third kappa shape index (κ3) is 7.12. The maximum atomic E-state index is 12.6. The van der Waals surface area contributed by atoms with Gasteiger partial charge in [0.05, 0.1) is 12.1 Å². The van der Waals surface area contributed by atoms with Crippen molar-refractivity contribution >= 4 is 35.2 Å². The number of nitrogens with zero attached hydrogens (tertiary/aromatic N) is 1. The lowest BCUT2D eigenvalue weighted by Crippen LogP contribution is -2.13. The second-order valence-corrected chi connectivity index (χ2v) is 7.38. The molecule has 0 saturated carbocycles. The van der Waals surface area contributed by atoms with Crippen molar-refractivity contribution in [1.29, 1.82) is 5.26 Å². The van der Waals surface area contributed by atoms with E-state index in [1.165, 1.54) is 25.3 Å². The quantitative estimate of drug-likeness (QED) is 0.264. The molecule has 1 amide bonds. The van der Waals surface area contributed by atoms with Crippen molar-refractivity contribution in [1.82, 2.24) is 0 Å². The minimum atomic E-state index is -0.567. The molecule has 0 saturated heterocycles. The molecule has 0 bridgehead atoms. The summed E-state index contributed by atoms with van der Waals surface area (Å²) < 4.78 is 15.5. The van der Waals surface area contributed by atoms with Crippen LogP contribution in [0.5, 0.6) is 11.5 Å². The first-order valence-corrected chi connectivity index (χ1v) is 10.6. The van der Waals surface area contributed by atoms with Gasteiger partial charge in [-0.15, -0.1) is 0 Å². The number of carbonyl (C=O) groups excluding carboxylic acids is 2. The van der Waals surface area contributed by atoms with Gasteiger partial charge in [0.25, 0.3) is 5.91 Å². The number of halogens is 1. The van der Waals surface area contributed by atoms with E-state index in [-0.39, 0.29) is 23.0 Å². The van der Waals surface area contributed by atoms with Crippen LogP contribution in [0.3, 0.4) is 0 Å². The molecule has 0 atom stereocenters. The van der Waals surface area contributed by atoms with Gasteiger partial charge in [0.15, 0.2) is 6.61 Å². The van der Waals surface area contributed by atoms with Crippen molar-refractivity contribution < 1.29 is 23.8 Å². The van der Waals surface area contributed by atoms with Crippen LogP contribution in [0.2, 0.25) is 5.02 Å². The molecule has 34 heavy (non-hydrogen) atoms. The number of esters is 1. The largest absolute Gasteiger partial charge is 0.489 e. The highest BCUT2D eigenvalue weighted by atomic mass is 35.5. The zero-order valence-corrected chi connectivity index (χ0v) is 19.0. The molecule has 0 heterocycles. The van der Waals surface area contributed by atoms with Crippen molar-refractivity contribution in [2.75, 3.05) is 19.0 Å². The fraction of sp³-hybridized carbons (Fsp3) is 0.115. The van der Waals surface area contributed by atoms with E-state index < -0.39 is 11.9 Å². The van der Waals surface area contributed by atoms with Gasteiger partial charge in [0.1, 0.15) is 29.7 Å². The topological polar surface area (TPSA) is 97.7 Å². The average Bonchev–Trinajstić information content (AvgIpc) is 2.86. The Hall–Kier alpha value is -4.28. The number of hydrogen-bond acceptors (Lipinski definition) is 6. The minimum Gasteiger partial charge on any atom is -0.489 e. The number of amides is 1. The van der Waals surface area contributed by atoms with Crippen molar-refractivity contribution in [3.63, 3.8) is 0 Å². The van der Waals surface area contributed by atoms with Gasteiger partial charge in [-0.3, -0.25) is 4.79 Å². The Morgan fingerprint density at radius 3 is 2.41 bits per heavy atom. The first-order chi connectivity index (χ1) is 16.5. The fourth-order valence-electron chi connectivity index (χ4n) is 2.81. The van der Waals surface area contributed by atoms with Gasteiger partial charge in [0.2, 0.25) is 0 Å². The van der Waals surface area contributed by atoms with E-state index in [9.17, 15) is 14.9 Å². The van der Waals surface area contributed by atoms with Crippen LogP contribution in [0.4, 0.5) is 5.69 Å². The SMILES string of the molecule is COC(=O)COc1ccc(/C=C(\C#N)C(=O)Nc2ccc(OCc3ccccc3)cc2)cc1Cl. The molecule has 1 N–H and O–H groups in total. The number of carbonyl (C=O) groups is 2. The molecule has 0 fully saturated rings. The van der Waals surface area contributed by atoms with Crippen LogP contribution in [0.1, 0.15) is 11.1 Å². The summed E-state index contributed by atoms with van der Waals surface area (Å²) in [6.07, 6.45) is 1.41. The Kier molecular flexibility index (Phi) is 8.67. The molecule has 0 unspecified atom stereocenters. The van der Waals surface area contributed by atoms with Crippen LogP contribution in [0.25, 0.3) is 6.08 Å². The second-order valence-electron chi connectivity index (χ2n) is 6.98. The Labute approximate surface area is 202 Å². The summed E-state index contributed by atoms with van der Waals surface area (Å²) in [6, 6.07) is 23.2.